The standard InChI is InChI=1S/C24H23N3O3/c28-22(26-18-7-4-5-8-18)17-12-14-19(15-13-17)27-23(29)21-11-6-16-25-24(21)30-20-9-2-1-3-10-20/h1-3,6,9-16,18H,4-5,7-8H2,(H,26,28)(H,27,29). The van der Waals surface area contributed by atoms with Crippen molar-refractivity contribution in [3.8, 4) is 11.6 Å². The fourth-order valence-electron chi connectivity index (χ4n) is 3.49. The lowest BCUT2D eigenvalue weighted by atomic mass is 10.1. The van der Waals surface area contributed by atoms with Crippen LogP contribution in [0.2, 0.25) is 0 Å². The van der Waals surface area contributed by atoms with E-state index in [2.05, 4.69) is 15.6 Å². The van der Waals surface area contributed by atoms with Crippen LogP contribution in [0.5, 0.6) is 11.6 Å². The molecule has 0 unspecified atom stereocenters. The average Bonchev–Trinajstić information content (AvgIpc) is 3.28. The third-order valence-corrected chi connectivity index (χ3v) is 5.07. The first-order chi connectivity index (χ1) is 14.7. The summed E-state index contributed by atoms with van der Waals surface area (Å²) in [5, 5.41) is 5.89. The maximum atomic E-state index is 12.8. The van der Waals surface area contributed by atoms with Gasteiger partial charge >= 0.3 is 0 Å². The number of aromatic nitrogens is 1. The summed E-state index contributed by atoms with van der Waals surface area (Å²) in [4.78, 5) is 29.3. The SMILES string of the molecule is O=C(NC1CCCC1)c1ccc(NC(=O)c2cccnc2Oc2ccccc2)cc1. The van der Waals surface area contributed by atoms with Crippen molar-refractivity contribution in [1.29, 1.82) is 0 Å². The Hall–Kier alpha value is -3.67. The van der Waals surface area contributed by atoms with Gasteiger partial charge in [-0.3, -0.25) is 9.59 Å². The molecule has 0 spiro atoms. The van der Waals surface area contributed by atoms with Gasteiger partial charge in [0.1, 0.15) is 11.3 Å². The van der Waals surface area contributed by atoms with Gasteiger partial charge < -0.3 is 15.4 Å². The van der Waals surface area contributed by atoms with Gasteiger partial charge in [-0.25, -0.2) is 4.98 Å². The number of hydrogen-bond acceptors (Lipinski definition) is 4. The van der Waals surface area contributed by atoms with Crippen LogP contribution in [0.1, 0.15) is 46.4 Å². The summed E-state index contributed by atoms with van der Waals surface area (Å²) >= 11 is 0. The lowest BCUT2D eigenvalue weighted by Gasteiger charge is -2.13. The number of nitrogens with zero attached hydrogens (tertiary/aromatic N) is 1. The van der Waals surface area contributed by atoms with E-state index in [-0.39, 0.29) is 23.7 Å². The van der Waals surface area contributed by atoms with Gasteiger partial charge in [-0.05, 0) is 61.4 Å². The Morgan fingerprint density at radius 2 is 1.60 bits per heavy atom. The van der Waals surface area contributed by atoms with Crippen molar-refractivity contribution in [2.45, 2.75) is 31.7 Å². The Morgan fingerprint density at radius 1 is 0.867 bits per heavy atom. The number of nitrogens with one attached hydrogen (secondary N) is 2. The number of para-hydroxylation sites is 1. The maximum Gasteiger partial charge on any atom is 0.261 e. The fourth-order valence-corrected chi connectivity index (χ4v) is 3.49. The molecule has 2 amide bonds. The molecule has 4 rings (SSSR count). The van der Waals surface area contributed by atoms with Crippen LogP contribution >= 0.6 is 0 Å². The minimum Gasteiger partial charge on any atom is -0.438 e. The summed E-state index contributed by atoms with van der Waals surface area (Å²) in [6.45, 7) is 0. The molecule has 30 heavy (non-hydrogen) atoms. The van der Waals surface area contributed by atoms with E-state index >= 15 is 0 Å². The molecule has 1 saturated carbocycles. The van der Waals surface area contributed by atoms with Gasteiger partial charge in [0.2, 0.25) is 5.88 Å². The topological polar surface area (TPSA) is 80.3 Å². The zero-order valence-corrected chi connectivity index (χ0v) is 16.5. The predicted molar refractivity (Wildman–Crippen MR) is 115 cm³/mol. The van der Waals surface area contributed by atoms with E-state index in [1.807, 2.05) is 18.2 Å². The zero-order valence-electron chi connectivity index (χ0n) is 16.5. The number of hydrogen-bond donors (Lipinski definition) is 2. The molecule has 3 aromatic rings. The largest absolute Gasteiger partial charge is 0.438 e. The highest BCUT2D eigenvalue weighted by atomic mass is 16.5. The summed E-state index contributed by atoms with van der Waals surface area (Å²) in [6, 6.07) is 19.7. The minimum absolute atomic E-state index is 0.0782. The van der Waals surface area contributed by atoms with E-state index in [0.29, 0.717) is 22.6 Å². The highest BCUT2D eigenvalue weighted by molar-refractivity contribution is 6.06. The van der Waals surface area contributed by atoms with Gasteiger partial charge in [0, 0.05) is 23.5 Å². The summed E-state index contributed by atoms with van der Waals surface area (Å²) in [7, 11) is 0. The summed E-state index contributed by atoms with van der Waals surface area (Å²) in [5.74, 6) is 0.416. The third-order valence-electron chi connectivity index (χ3n) is 5.07. The smallest absolute Gasteiger partial charge is 0.261 e. The lowest BCUT2D eigenvalue weighted by molar-refractivity contribution is 0.0937. The molecule has 1 aromatic heterocycles. The van der Waals surface area contributed by atoms with E-state index in [4.69, 9.17) is 4.74 Å². The van der Waals surface area contributed by atoms with Crippen LogP contribution in [-0.2, 0) is 0 Å². The van der Waals surface area contributed by atoms with Crippen LogP contribution < -0.4 is 15.4 Å². The number of rotatable bonds is 6. The number of carbonyl (C=O) groups excluding carboxylic acids is 2. The van der Waals surface area contributed by atoms with Crippen molar-refractivity contribution in [2.75, 3.05) is 5.32 Å². The number of ether oxygens (including phenoxy) is 1. The second kappa shape index (κ2) is 9.22. The van der Waals surface area contributed by atoms with E-state index in [0.717, 1.165) is 12.8 Å². The van der Waals surface area contributed by atoms with Crippen molar-refractivity contribution in [3.05, 3.63) is 84.1 Å². The Kier molecular flexibility index (Phi) is 6.03. The van der Waals surface area contributed by atoms with Gasteiger partial charge in [-0.1, -0.05) is 31.0 Å². The summed E-state index contributed by atoms with van der Waals surface area (Å²) in [6.07, 6.45) is 5.99. The van der Waals surface area contributed by atoms with Crippen LogP contribution in [0.25, 0.3) is 0 Å². The number of pyridine rings is 1. The van der Waals surface area contributed by atoms with Gasteiger partial charge in [-0.2, -0.15) is 0 Å². The number of amides is 2. The third kappa shape index (κ3) is 4.84. The molecule has 0 atom stereocenters. The van der Waals surface area contributed by atoms with Gasteiger partial charge in [0.25, 0.3) is 11.8 Å². The molecule has 1 aliphatic rings. The van der Waals surface area contributed by atoms with Crippen molar-refractivity contribution < 1.29 is 14.3 Å². The molecule has 2 N–H and O–H groups in total. The lowest BCUT2D eigenvalue weighted by Crippen LogP contribution is -2.32. The Balaban J connectivity index is 1.42. The van der Waals surface area contributed by atoms with Crippen LogP contribution in [-0.4, -0.2) is 22.8 Å². The zero-order chi connectivity index (χ0) is 20.8. The molecule has 0 aliphatic heterocycles. The molecule has 2 aromatic carbocycles. The number of anilines is 1. The molecule has 0 saturated heterocycles. The first kappa shape index (κ1) is 19.6. The summed E-state index contributed by atoms with van der Waals surface area (Å²) < 4.78 is 5.76. The fraction of sp³-hybridized carbons (Fsp3) is 0.208. The molecule has 0 bridgehead atoms. The first-order valence-corrected chi connectivity index (χ1v) is 10.1. The van der Waals surface area contributed by atoms with Crippen LogP contribution in [0, 0.1) is 0 Å². The summed E-state index contributed by atoms with van der Waals surface area (Å²) in [5.41, 5.74) is 1.49. The van der Waals surface area contributed by atoms with Crippen molar-refractivity contribution in [2.24, 2.45) is 0 Å². The second-order valence-corrected chi connectivity index (χ2v) is 7.26. The molecule has 6 heteroatoms. The normalized spacial score (nSPS) is 13.6. The quantitative estimate of drug-likeness (QED) is 0.622. The van der Waals surface area contributed by atoms with Crippen molar-refractivity contribution in [3.63, 3.8) is 0 Å². The van der Waals surface area contributed by atoms with Gasteiger partial charge in [0.15, 0.2) is 0 Å². The molecule has 6 nitrogen and oxygen atoms in total. The van der Waals surface area contributed by atoms with Crippen molar-refractivity contribution in [1.82, 2.24) is 10.3 Å². The molecular weight excluding hydrogens is 378 g/mol. The average molecular weight is 401 g/mol. The maximum absolute atomic E-state index is 12.8. The molecule has 152 valence electrons. The molecule has 0 radical (unpaired) electrons. The Morgan fingerprint density at radius 3 is 2.33 bits per heavy atom. The molecule has 1 fully saturated rings. The first-order valence-electron chi connectivity index (χ1n) is 10.1. The molecule has 1 heterocycles. The second-order valence-electron chi connectivity index (χ2n) is 7.26. The molecule has 1 aliphatic carbocycles. The number of benzene rings is 2. The van der Waals surface area contributed by atoms with E-state index in [1.165, 1.54) is 12.8 Å². The van der Waals surface area contributed by atoms with E-state index < -0.39 is 0 Å². The molecular formula is C24H23N3O3. The van der Waals surface area contributed by atoms with E-state index in [1.54, 1.807) is 54.7 Å². The Labute approximate surface area is 175 Å². The monoisotopic (exact) mass is 401 g/mol. The minimum atomic E-state index is -0.336. The van der Waals surface area contributed by atoms with Crippen molar-refractivity contribution >= 4 is 17.5 Å². The van der Waals surface area contributed by atoms with Gasteiger partial charge in [-0.15, -0.1) is 0 Å². The van der Waals surface area contributed by atoms with E-state index in [9.17, 15) is 9.59 Å². The highest BCUT2D eigenvalue weighted by Gasteiger charge is 2.18. The highest BCUT2D eigenvalue weighted by Crippen LogP contribution is 2.24. The van der Waals surface area contributed by atoms with Gasteiger partial charge in [0.05, 0.1) is 0 Å². The number of carbonyl (C=O) groups is 2. The Bertz CT molecular complexity index is 1010. The predicted octanol–water partition coefficient (Wildman–Crippen LogP) is 4.80. The van der Waals surface area contributed by atoms with Crippen LogP contribution in [0.15, 0.2) is 72.9 Å². The van der Waals surface area contributed by atoms with Crippen LogP contribution in [0.3, 0.4) is 0 Å². The van der Waals surface area contributed by atoms with Crippen LogP contribution in [0.4, 0.5) is 5.69 Å².